The molecule has 37 heavy (non-hydrogen) atoms. The van der Waals surface area contributed by atoms with Gasteiger partial charge in [-0.15, -0.1) is 5.10 Å². The molecule has 2 aromatic rings. The van der Waals surface area contributed by atoms with E-state index in [0.29, 0.717) is 38.2 Å². The summed E-state index contributed by atoms with van der Waals surface area (Å²) in [5, 5.41) is 21.0. The van der Waals surface area contributed by atoms with Crippen molar-refractivity contribution in [2.75, 3.05) is 32.1 Å². The number of rotatable bonds is 5. The van der Waals surface area contributed by atoms with E-state index in [1.165, 1.54) is 5.56 Å². The number of amides is 3. The summed E-state index contributed by atoms with van der Waals surface area (Å²) in [6, 6.07) is 7.32. The largest absolute Gasteiger partial charge is 0.394 e. The Morgan fingerprint density at radius 1 is 1.30 bits per heavy atom. The summed E-state index contributed by atoms with van der Waals surface area (Å²) in [6.07, 6.45) is 2.45. The molecule has 0 saturated carbocycles. The van der Waals surface area contributed by atoms with Crippen molar-refractivity contribution in [2.24, 2.45) is 5.92 Å². The number of anilines is 1. The van der Waals surface area contributed by atoms with Gasteiger partial charge in [0, 0.05) is 44.7 Å². The molecule has 2 N–H and O–H groups in total. The average molecular weight is 515 g/mol. The van der Waals surface area contributed by atoms with Crippen molar-refractivity contribution in [3.63, 3.8) is 0 Å². The minimum absolute atomic E-state index is 0.0171. The monoisotopic (exact) mass is 514 g/mol. The van der Waals surface area contributed by atoms with Crippen LogP contribution in [0.1, 0.15) is 58.7 Å². The van der Waals surface area contributed by atoms with E-state index in [1.54, 1.807) is 21.5 Å². The molecular formula is C27H42N6O4. The molecular weight excluding hydrogens is 472 g/mol. The number of nitrogens with one attached hydrogen (secondary N) is 1. The summed E-state index contributed by atoms with van der Waals surface area (Å²) >= 11 is 0. The summed E-state index contributed by atoms with van der Waals surface area (Å²) in [5.74, 6) is -0.119. The summed E-state index contributed by atoms with van der Waals surface area (Å²) in [6.45, 7) is 11.7. The third kappa shape index (κ3) is 8.00. The number of hydrogen-bond donors (Lipinski definition) is 2. The maximum absolute atomic E-state index is 13.0. The highest BCUT2D eigenvalue weighted by Gasteiger charge is 2.29. The molecule has 0 saturated heterocycles. The Morgan fingerprint density at radius 3 is 2.65 bits per heavy atom. The molecule has 1 aromatic heterocycles. The molecule has 0 radical (unpaired) electrons. The van der Waals surface area contributed by atoms with Crippen molar-refractivity contribution in [2.45, 2.75) is 78.2 Å². The van der Waals surface area contributed by atoms with Gasteiger partial charge >= 0.3 is 6.03 Å². The summed E-state index contributed by atoms with van der Waals surface area (Å²) < 4.78 is 7.96. The highest BCUT2D eigenvalue weighted by atomic mass is 16.5. The van der Waals surface area contributed by atoms with Gasteiger partial charge < -0.3 is 25.0 Å². The van der Waals surface area contributed by atoms with Crippen LogP contribution < -0.4 is 5.32 Å². The maximum Gasteiger partial charge on any atom is 0.321 e. The molecule has 3 atom stereocenters. The highest BCUT2D eigenvalue weighted by Crippen LogP contribution is 2.24. The van der Waals surface area contributed by atoms with Crippen LogP contribution in [-0.2, 0) is 28.1 Å². The van der Waals surface area contributed by atoms with Crippen LogP contribution in [0.3, 0.4) is 0 Å². The number of fused-ring (bicyclic) bond motifs is 2. The molecule has 0 unspecified atom stereocenters. The second kappa shape index (κ2) is 12.5. The number of aliphatic hydroxyl groups excluding tert-OH is 1. The lowest BCUT2D eigenvalue weighted by atomic mass is 9.87. The number of urea groups is 1. The third-order valence-corrected chi connectivity index (χ3v) is 6.85. The van der Waals surface area contributed by atoms with Gasteiger partial charge in [-0.25, -0.2) is 4.79 Å². The van der Waals surface area contributed by atoms with Gasteiger partial charge in [0.15, 0.2) is 0 Å². The predicted molar refractivity (Wildman–Crippen MR) is 142 cm³/mol. The first-order valence-corrected chi connectivity index (χ1v) is 13.0. The number of likely N-dealkylation sites (N-methyl/N-ethyl adjacent to an activating group) is 1. The average Bonchev–Trinajstić information content (AvgIpc) is 3.31. The number of carbonyl (C=O) groups excluding carboxylic acids is 2. The van der Waals surface area contributed by atoms with Gasteiger partial charge in [-0.3, -0.25) is 9.48 Å². The first-order valence-electron chi connectivity index (χ1n) is 13.0. The number of carbonyl (C=O) groups is 2. The minimum Gasteiger partial charge on any atom is -0.394 e. The van der Waals surface area contributed by atoms with E-state index in [4.69, 9.17) is 4.74 Å². The van der Waals surface area contributed by atoms with E-state index in [1.807, 2.05) is 44.3 Å². The van der Waals surface area contributed by atoms with E-state index in [-0.39, 0.29) is 48.6 Å². The lowest BCUT2D eigenvalue weighted by molar-refractivity contribution is -0.136. The van der Waals surface area contributed by atoms with Crippen molar-refractivity contribution < 1.29 is 19.4 Å². The van der Waals surface area contributed by atoms with E-state index in [0.717, 1.165) is 5.69 Å². The van der Waals surface area contributed by atoms with Gasteiger partial charge in [-0.05, 0) is 36.5 Å². The van der Waals surface area contributed by atoms with E-state index in [9.17, 15) is 14.7 Å². The molecule has 1 aromatic carbocycles. The summed E-state index contributed by atoms with van der Waals surface area (Å²) in [7, 11) is 1.73. The molecule has 10 heteroatoms. The van der Waals surface area contributed by atoms with Crippen LogP contribution in [0.5, 0.6) is 0 Å². The molecule has 0 aliphatic carbocycles. The second-order valence-electron chi connectivity index (χ2n) is 11.1. The van der Waals surface area contributed by atoms with Crippen LogP contribution in [-0.4, -0.2) is 80.7 Å². The smallest absolute Gasteiger partial charge is 0.321 e. The maximum atomic E-state index is 13.0. The molecule has 10 nitrogen and oxygen atoms in total. The molecule has 0 fully saturated rings. The Kier molecular flexibility index (Phi) is 9.67. The first-order chi connectivity index (χ1) is 17.5. The normalized spacial score (nSPS) is 20.4. The van der Waals surface area contributed by atoms with Gasteiger partial charge in [0.25, 0.3) is 0 Å². The zero-order chi connectivity index (χ0) is 27.2. The van der Waals surface area contributed by atoms with E-state index >= 15 is 0 Å². The van der Waals surface area contributed by atoms with E-state index in [2.05, 4.69) is 36.4 Å². The molecule has 3 amide bonds. The van der Waals surface area contributed by atoms with Gasteiger partial charge in [0.2, 0.25) is 5.91 Å². The lowest BCUT2D eigenvalue weighted by Gasteiger charge is -2.35. The van der Waals surface area contributed by atoms with E-state index < -0.39 is 0 Å². The Balaban J connectivity index is 1.73. The molecule has 0 spiro atoms. The number of aromatic nitrogens is 3. The Morgan fingerprint density at radius 2 is 2.00 bits per heavy atom. The van der Waals surface area contributed by atoms with Crippen LogP contribution >= 0.6 is 0 Å². The third-order valence-electron chi connectivity index (χ3n) is 6.85. The number of nitrogens with zero attached hydrogens (tertiary/aromatic N) is 5. The van der Waals surface area contributed by atoms with Crippen LogP contribution in [0.25, 0.3) is 0 Å². The summed E-state index contributed by atoms with van der Waals surface area (Å²) in [5.41, 5.74) is 2.65. The molecule has 3 rings (SSSR count). The van der Waals surface area contributed by atoms with Crippen molar-refractivity contribution in [1.82, 2.24) is 24.8 Å². The molecule has 204 valence electrons. The van der Waals surface area contributed by atoms with Crippen LogP contribution in [0, 0.1) is 5.92 Å². The van der Waals surface area contributed by atoms with Gasteiger partial charge in [0.05, 0.1) is 31.6 Å². The number of ether oxygens (including phenoxy) is 1. The van der Waals surface area contributed by atoms with Gasteiger partial charge in [-0.2, -0.15) is 0 Å². The molecule has 1 aliphatic heterocycles. The summed E-state index contributed by atoms with van der Waals surface area (Å²) in [4.78, 5) is 29.3. The number of aliphatic hydroxyl groups is 1. The van der Waals surface area contributed by atoms with Crippen molar-refractivity contribution in [1.29, 1.82) is 0 Å². The molecule has 1 aliphatic rings. The number of benzene rings is 1. The Bertz CT molecular complexity index is 1030. The molecule has 2 heterocycles. The number of aryl methyl sites for hydroxylation is 1. The highest BCUT2D eigenvalue weighted by molar-refractivity contribution is 5.89. The van der Waals surface area contributed by atoms with Crippen LogP contribution in [0.4, 0.5) is 10.5 Å². The first kappa shape index (κ1) is 28.6. The van der Waals surface area contributed by atoms with Gasteiger partial charge in [0.1, 0.15) is 5.69 Å². The number of hydrogen-bond acceptors (Lipinski definition) is 6. The quantitative estimate of drug-likeness (QED) is 0.633. The minimum atomic E-state index is -0.369. The van der Waals surface area contributed by atoms with Crippen molar-refractivity contribution in [3.05, 3.63) is 41.7 Å². The fourth-order valence-electron chi connectivity index (χ4n) is 4.32. The SMILES string of the molecule is C[C@@H]1CN([C@H](C)CO)C(=O)CCCn2cc(nn2)CO[C@@H]1CN(C)C(=O)Nc1ccc(C(C)(C)C)cc1. The fraction of sp³-hybridized carbons (Fsp3) is 0.630. The van der Waals surface area contributed by atoms with Crippen molar-refractivity contribution in [3.8, 4) is 0 Å². The Hall–Kier alpha value is -2.98. The molecule has 2 bridgehead atoms. The Labute approximate surface area is 220 Å². The zero-order valence-electron chi connectivity index (χ0n) is 23.0. The fourth-order valence-corrected chi connectivity index (χ4v) is 4.32. The van der Waals surface area contributed by atoms with Crippen LogP contribution in [0.2, 0.25) is 0 Å². The standard InChI is InChI=1S/C27H42N6O4/c1-19-14-33(20(2)17-34)25(35)8-7-13-32-15-23(29-30-32)18-37-24(19)16-31(6)26(36)28-22-11-9-21(10-12-22)27(3,4)5/h9-12,15,19-20,24,34H,7-8,13-14,16-18H2,1-6H3,(H,28,36)/t19-,20-,24-/m1/s1. The van der Waals surface area contributed by atoms with Crippen molar-refractivity contribution >= 4 is 17.6 Å². The second-order valence-corrected chi connectivity index (χ2v) is 11.1. The predicted octanol–water partition coefficient (Wildman–Crippen LogP) is 3.26. The lowest BCUT2D eigenvalue weighted by Crippen LogP contribution is -2.48. The zero-order valence-corrected chi connectivity index (χ0v) is 23.0. The topological polar surface area (TPSA) is 113 Å². The van der Waals surface area contributed by atoms with Crippen LogP contribution in [0.15, 0.2) is 30.5 Å². The van der Waals surface area contributed by atoms with Gasteiger partial charge in [-0.1, -0.05) is 45.0 Å².